The molecule has 1 aromatic rings. The Morgan fingerprint density at radius 3 is 2.79 bits per heavy atom. The van der Waals surface area contributed by atoms with Crippen molar-refractivity contribution >= 4 is 17.9 Å². The Kier molecular flexibility index (Phi) is 4.90. The molecule has 0 unspecified atom stereocenters. The summed E-state index contributed by atoms with van der Waals surface area (Å²) >= 11 is 1.77. The summed E-state index contributed by atoms with van der Waals surface area (Å²) in [6.45, 7) is 1.31. The van der Waals surface area contributed by atoms with Gasteiger partial charge >= 0.3 is 6.09 Å². The molecule has 0 saturated carbocycles. The molecule has 104 valence electrons. The van der Waals surface area contributed by atoms with Gasteiger partial charge in [-0.2, -0.15) is 0 Å². The number of hydrogen-bond acceptors (Lipinski definition) is 4. The van der Waals surface area contributed by atoms with Crippen molar-refractivity contribution in [3.05, 3.63) is 18.3 Å². The molecular formula is C13H18N2O3S. The van der Waals surface area contributed by atoms with Crippen LogP contribution in [0, 0.1) is 5.92 Å². The molecule has 0 radical (unpaired) electrons. The van der Waals surface area contributed by atoms with Crippen LogP contribution in [0.1, 0.15) is 12.8 Å². The topological polar surface area (TPSA) is 62.7 Å². The highest BCUT2D eigenvalue weighted by Crippen LogP contribution is 2.26. The number of carboxylic acid groups (broad SMARTS) is 1. The maximum absolute atomic E-state index is 10.8. The Hall–Kier alpha value is -1.43. The normalized spacial score (nSPS) is 16.4. The number of piperidine rings is 1. The Balaban J connectivity index is 1.75. The van der Waals surface area contributed by atoms with Gasteiger partial charge in [-0.05, 0) is 24.8 Å². The molecule has 0 aliphatic carbocycles. The minimum atomic E-state index is -0.801. The van der Waals surface area contributed by atoms with Gasteiger partial charge in [0, 0.05) is 36.0 Å². The van der Waals surface area contributed by atoms with Gasteiger partial charge in [0.25, 0.3) is 0 Å². The fourth-order valence-corrected chi connectivity index (χ4v) is 3.13. The smallest absolute Gasteiger partial charge is 0.407 e. The van der Waals surface area contributed by atoms with Crippen molar-refractivity contribution in [2.45, 2.75) is 17.7 Å². The summed E-state index contributed by atoms with van der Waals surface area (Å²) in [5, 5.41) is 8.88. The summed E-state index contributed by atoms with van der Waals surface area (Å²) in [4.78, 5) is 17.6. The van der Waals surface area contributed by atoms with E-state index in [1.54, 1.807) is 18.9 Å². The van der Waals surface area contributed by atoms with Crippen LogP contribution in [0.2, 0.25) is 0 Å². The number of methoxy groups -OCH3 is 1. The zero-order valence-corrected chi connectivity index (χ0v) is 11.7. The van der Waals surface area contributed by atoms with Crippen LogP contribution < -0.4 is 4.74 Å². The number of thioether (sulfide) groups is 1. The molecule has 1 fully saturated rings. The lowest BCUT2D eigenvalue weighted by Crippen LogP contribution is -2.37. The quantitative estimate of drug-likeness (QED) is 0.860. The average Bonchev–Trinajstić information content (AvgIpc) is 2.46. The molecule has 1 aromatic heterocycles. The molecule has 19 heavy (non-hydrogen) atoms. The van der Waals surface area contributed by atoms with Gasteiger partial charge in [0.05, 0.1) is 7.11 Å². The van der Waals surface area contributed by atoms with Crippen LogP contribution in [0.4, 0.5) is 4.79 Å². The highest BCUT2D eigenvalue weighted by atomic mass is 32.2. The van der Waals surface area contributed by atoms with E-state index in [9.17, 15) is 4.79 Å². The van der Waals surface area contributed by atoms with Crippen LogP contribution in [0.25, 0.3) is 0 Å². The van der Waals surface area contributed by atoms with Crippen LogP contribution in [0.5, 0.6) is 5.88 Å². The molecule has 2 heterocycles. The first-order chi connectivity index (χ1) is 9.19. The van der Waals surface area contributed by atoms with Gasteiger partial charge in [-0.1, -0.05) is 0 Å². The molecule has 5 nitrogen and oxygen atoms in total. The molecule has 1 N–H and O–H groups in total. The van der Waals surface area contributed by atoms with E-state index < -0.39 is 6.09 Å². The number of rotatable bonds is 4. The van der Waals surface area contributed by atoms with Crippen LogP contribution in [-0.2, 0) is 0 Å². The van der Waals surface area contributed by atoms with E-state index in [0.717, 1.165) is 23.5 Å². The minimum absolute atomic E-state index is 0.586. The first kappa shape index (κ1) is 14.0. The van der Waals surface area contributed by atoms with Crippen molar-refractivity contribution in [1.29, 1.82) is 0 Å². The monoisotopic (exact) mass is 282 g/mol. The summed E-state index contributed by atoms with van der Waals surface area (Å²) < 4.78 is 5.02. The standard InChI is InChI=1S/C13H18N2O3S/c1-18-12-3-2-11(8-14-12)19-9-10-4-6-15(7-5-10)13(16)17/h2-3,8,10H,4-7,9H2,1H3,(H,16,17). The number of aromatic nitrogens is 1. The highest BCUT2D eigenvalue weighted by Gasteiger charge is 2.22. The summed E-state index contributed by atoms with van der Waals surface area (Å²) in [6, 6.07) is 3.86. The first-order valence-corrected chi connectivity index (χ1v) is 7.28. The SMILES string of the molecule is COc1ccc(SCC2CCN(C(=O)O)CC2)cn1. The molecule has 2 rings (SSSR count). The number of pyridine rings is 1. The van der Waals surface area contributed by atoms with Crippen LogP contribution >= 0.6 is 11.8 Å². The fraction of sp³-hybridized carbons (Fsp3) is 0.538. The van der Waals surface area contributed by atoms with Gasteiger partial charge in [0.2, 0.25) is 5.88 Å². The third-order valence-corrected chi connectivity index (χ3v) is 4.50. The molecule has 0 spiro atoms. The first-order valence-electron chi connectivity index (χ1n) is 6.29. The number of nitrogens with zero attached hydrogens (tertiary/aromatic N) is 2. The lowest BCUT2D eigenvalue weighted by atomic mass is 9.99. The molecule has 1 aliphatic heterocycles. The Morgan fingerprint density at radius 2 is 2.26 bits per heavy atom. The van der Waals surface area contributed by atoms with E-state index >= 15 is 0 Å². The second kappa shape index (κ2) is 6.65. The summed E-state index contributed by atoms with van der Waals surface area (Å²) in [7, 11) is 1.60. The number of amides is 1. The maximum Gasteiger partial charge on any atom is 0.407 e. The molecule has 0 atom stereocenters. The molecule has 0 aromatic carbocycles. The minimum Gasteiger partial charge on any atom is -0.481 e. The fourth-order valence-electron chi connectivity index (χ4n) is 2.08. The van der Waals surface area contributed by atoms with Crippen molar-refractivity contribution in [2.75, 3.05) is 26.0 Å². The van der Waals surface area contributed by atoms with Gasteiger partial charge < -0.3 is 14.7 Å². The van der Waals surface area contributed by atoms with Gasteiger partial charge in [-0.3, -0.25) is 0 Å². The lowest BCUT2D eigenvalue weighted by molar-refractivity contribution is 0.127. The molecule has 1 aliphatic rings. The second-order valence-electron chi connectivity index (χ2n) is 4.56. The van der Waals surface area contributed by atoms with Gasteiger partial charge in [0.1, 0.15) is 0 Å². The molecular weight excluding hydrogens is 264 g/mol. The molecule has 1 saturated heterocycles. The van der Waals surface area contributed by atoms with E-state index in [4.69, 9.17) is 9.84 Å². The maximum atomic E-state index is 10.8. The number of ether oxygens (including phenoxy) is 1. The zero-order valence-electron chi connectivity index (χ0n) is 10.9. The number of hydrogen-bond donors (Lipinski definition) is 1. The third kappa shape index (κ3) is 4.02. The molecule has 1 amide bonds. The highest BCUT2D eigenvalue weighted by molar-refractivity contribution is 7.99. The summed E-state index contributed by atoms with van der Waals surface area (Å²) in [5.41, 5.74) is 0. The van der Waals surface area contributed by atoms with E-state index in [1.165, 1.54) is 4.90 Å². The Morgan fingerprint density at radius 1 is 1.53 bits per heavy atom. The van der Waals surface area contributed by atoms with E-state index in [-0.39, 0.29) is 0 Å². The van der Waals surface area contributed by atoms with Crippen molar-refractivity contribution in [1.82, 2.24) is 9.88 Å². The van der Waals surface area contributed by atoms with E-state index in [2.05, 4.69) is 4.98 Å². The largest absolute Gasteiger partial charge is 0.481 e. The van der Waals surface area contributed by atoms with E-state index in [1.807, 2.05) is 18.3 Å². The summed E-state index contributed by atoms with van der Waals surface area (Å²) in [6.07, 6.45) is 2.91. The van der Waals surface area contributed by atoms with Gasteiger partial charge in [-0.15, -0.1) is 11.8 Å². The predicted octanol–water partition coefficient (Wildman–Crippen LogP) is 2.57. The summed E-state index contributed by atoms with van der Waals surface area (Å²) in [5.74, 6) is 2.23. The molecule has 0 bridgehead atoms. The predicted molar refractivity (Wildman–Crippen MR) is 73.8 cm³/mol. The van der Waals surface area contributed by atoms with Crippen LogP contribution in [0.15, 0.2) is 23.2 Å². The van der Waals surface area contributed by atoms with Crippen LogP contribution in [0.3, 0.4) is 0 Å². The lowest BCUT2D eigenvalue weighted by Gasteiger charge is -2.29. The number of carbonyl (C=O) groups is 1. The van der Waals surface area contributed by atoms with E-state index in [0.29, 0.717) is 24.9 Å². The second-order valence-corrected chi connectivity index (χ2v) is 5.65. The van der Waals surface area contributed by atoms with Crippen molar-refractivity contribution < 1.29 is 14.6 Å². The van der Waals surface area contributed by atoms with Crippen molar-refractivity contribution in [3.8, 4) is 5.88 Å². The Bertz CT molecular complexity index is 416. The third-order valence-electron chi connectivity index (χ3n) is 3.29. The Labute approximate surface area is 117 Å². The average molecular weight is 282 g/mol. The van der Waals surface area contributed by atoms with Crippen molar-refractivity contribution in [3.63, 3.8) is 0 Å². The number of likely N-dealkylation sites (tertiary alicyclic amines) is 1. The van der Waals surface area contributed by atoms with Gasteiger partial charge in [0.15, 0.2) is 0 Å². The van der Waals surface area contributed by atoms with Gasteiger partial charge in [-0.25, -0.2) is 9.78 Å². The molecule has 6 heteroatoms. The van der Waals surface area contributed by atoms with Crippen LogP contribution in [-0.4, -0.2) is 47.0 Å². The van der Waals surface area contributed by atoms with Crippen molar-refractivity contribution in [2.24, 2.45) is 5.92 Å². The zero-order chi connectivity index (χ0) is 13.7.